The summed E-state index contributed by atoms with van der Waals surface area (Å²) in [5.41, 5.74) is 3.62. The van der Waals surface area contributed by atoms with E-state index in [1.165, 1.54) is 31.4 Å². The van der Waals surface area contributed by atoms with E-state index < -0.39 is 11.8 Å². The number of methoxy groups -OCH3 is 1. The lowest BCUT2D eigenvalue weighted by atomic mass is 10.0. The van der Waals surface area contributed by atoms with Crippen molar-refractivity contribution >= 4 is 11.9 Å². The number of halogens is 1. The van der Waals surface area contributed by atoms with E-state index >= 15 is 0 Å². The number of nitrogens with zero attached hydrogens (tertiary/aromatic N) is 1. The summed E-state index contributed by atoms with van der Waals surface area (Å²) < 4.78 is 23.9. The van der Waals surface area contributed by atoms with Crippen molar-refractivity contribution in [1.29, 1.82) is 5.26 Å². The molecule has 0 aromatic heterocycles. The minimum atomic E-state index is -0.437. The molecule has 1 N–H and O–H groups in total. The molecule has 0 aliphatic heterocycles. The highest BCUT2D eigenvalue weighted by Crippen LogP contribution is 2.30. The van der Waals surface area contributed by atoms with Crippen LogP contribution in [0.4, 0.5) is 4.39 Å². The number of ether oxygens (including phenoxy) is 2. The predicted molar refractivity (Wildman–Crippen MR) is 132 cm³/mol. The summed E-state index contributed by atoms with van der Waals surface area (Å²) in [7, 11) is 1.31. The van der Waals surface area contributed by atoms with Crippen molar-refractivity contribution in [1.82, 2.24) is 5.32 Å². The largest absolute Gasteiger partial charge is 0.465 e. The summed E-state index contributed by atoms with van der Waals surface area (Å²) >= 11 is 0. The van der Waals surface area contributed by atoms with E-state index in [0.717, 1.165) is 16.7 Å². The van der Waals surface area contributed by atoms with Gasteiger partial charge >= 0.3 is 5.97 Å². The summed E-state index contributed by atoms with van der Waals surface area (Å²) in [4.78, 5) is 24.8. The number of nitriles is 1. The third-order valence-corrected chi connectivity index (χ3v) is 5.44. The molecule has 1 amide bonds. The van der Waals surface area contributed by atoms with Gasteiger partial charge < -0.3 is 14.8 Å². The molecule has 7 heteroatoms. The van der Waals surface area contributed by atoms with Gasteiger partial charge in [0.25, 0.3) is 5.91 Å². The molecule has 4 aromatic rings. The zero-order valence-corrected chi connectivity index (χ0v) is 19.3. The van der Waals surface area contributed by atoms with Gasteiger partial charge in [0, 0.05) is 6.54 Å². The molecule has 4 rings (SSSR count). The predicted octanol–water partition coefficient (Wildman–Crippen LogP) is 5.87. The van der Waals surface area contributed by atoms with Crippen LogP contribution in [0.5, 0.6) is 11.5 Å². The lowest BCUT2D eigenvalue weighted by molar-refractivity contribution is 0.0600. The van der Waals surface area contributed by atoms with Crippen LogP contribution >= 0.6 is 0 Å². The van der Waals surface area contributed by atoms with Gasteiger partial charge in [0.2, 0.25) is 0 Å². The van der Waals surface area contributed by atoms with Gasteiger partial charge in [-0.1, -0.05) is 30.3 Å². The molecule has 6 nitrogen and oxygen atoms in total. The monoisotopic (exact) mass is 480 g/mol. The number of amides is 1. The van der Waals surface area contributed by atoms with Gasteiger partial charge in [-0.2, -0.15) is 5.26 Å². The van der Waals surface area contributed by atoms with Crippen molar-refractivity contribution in [3.05, 3.63) is 119 Å². The average Bonchev–Trinajstić information content (AvgIpc) is 2.93. The average molecular weight is 480 g/mol. The lowest BCUT2D eigenvalue weighted by Gasteiger charge is -2.14. The summed E-state index contributed by atoms with van der Waals surface area (Å²) in [6.07, 6.45) is 0. The Hall–Kier alpha value is -4.96. The molecule has 0 fully saturated rings. The van der Waals surface area contributed by atoms with Gasteiger partial charge in [0.15, 0.2) is 0 Å². The quantitative estimate of drug-likeness (QED) is 0.334. The SMILES string of the molecule is COC(=O)c1ccc(CNC(=O)c2cc(-c3ccc(C#N)cc3)ccc2Oc2ccc(F)cc2)cc1. The summed E-state index contributed by atoms with van der Waals surface area (Å²) in [5, 5.41) is 11.9. The maximum atomic E-state index is 13.3. The molecule has 0 radical (unpaired) electrons. The fraction of sp³-hybridized carbons (Fsp3) is 0.0690. The molecular weight excluding hydrogens is 459 g/mol. The molecule has 0 saturated carbocycles. The number of benzene rings is 4. The number of rotatable bonds is 7. The number of carbonyl (C=O) groups is 2. The maximum Gasteiger partial charge on any atom is 0.337 e. The van der Waals surface area contributed by atoms with Crippen molar-refractivity contribution in [3.63, 3.8) is 0 Å². The first-order valence-corrected chi connectivity index (χ1v) is 11.0. The molecular formula is C29H21FN2O4. The molecule has 0 aliphatic rings. The highest BCUT2D eigenvalue weighted by Gasteiger charge is 2.16. The van der Waals surface area contributed by atoms with Crippen molar-refractivity contribution < 1.29 is 23.5 Å². The van der Waals surface area contributed by atoms with E-state index in [4.69, 9.17) is 14.7 Å². The van der Waals surface area contributed by atoms with Crippen LogP contribution in [0.3, 0.4) is 0 Å². The Morgan fingerprint density at radius 3 is 2.19 bits per heavy atom. The lowest BCUT2D eigenvalue weighted by Crippen LogP contribution is -2.23. The van der Waals surface area contributed by atoms with Gasteiger partial charge in [-0.15, -0.1) is 0 Å². The number of nitrogens with one attached hydrogen (secondary N) is 1. The van der Waals surface area contributed by atoms with Crippen LogP contribution in [-0.2, 0) is 11.3 Å². The highest BCUT2D eigenvalue weighted by molar-refractivity contribution is 5.98. The second kappa shape index (κ2) is 11.0. The third kappa shape index (κ3) is 5.75. The van der Waals surface area contributed by atoms with E-state index in [2.05, 4.69) is 11.4 Å². The summed E-state index contributed by atoms with van der Waals surface area (Å²) in [6.45, 7) is 0.220. The zero-order valence-electron chi connectivity index (χ0n) is 19.3. The number of hydrogen-bond donors (Lipinski definition) is 1. The van der Waals surface area contributed by atoms with Crippen molar-refractivity contribution in [2.45, 2.75) is 6.54 Å². The van der Waals surface area contributed by atoms with Gasteiger partial charge in [0.05, 0.1) is 29.9 Å². The first-order valence-electron chi connectivity index (χ1n) is 11.0. The van der Waals surface area contributed by atoms with E-state index in [9.17, 15) is 14.0 Å². The number of esters is 1. The first-order chi connectivity index (χ1) is 17.5. The van der Waals surface area contributed by atoms with Crippen LogP contribution in [0.1, 0.15) is 31.8 Å². The number of carbonyl (C=O) groups excluding carboxylic acids is 2. The highest BCUT2D eigenvalue weighted by atomic mass is 19.1. The van der Waals surface area contributed by atoms with Gasteiger partial charge in [-0.3, -0.25) is 4.79 Å². The molecule has 36 heavy (non-hydrogen) atoms. The molecule has 4 aromatic carbocycles. The molecule has 178 valence electrons. The molecule has 0 unspecified atom stereocenters. The molecule has 0 bridgehead atoms. The Bertz CT molecular complexity index is 1420. The minimum Gasteiger partial charge on any atom is -0.465 e. The van der Waals surface area contributed by atoms with Crippen LogP contribution in [0.15, 0.2) is 91.0 Å². The molecule has 0 heterocycles. The Morgan fingerprint density at radius 1 is 0.889 bits per heavy atom. The molecule has 0 saturated heterocycles. The molecule has 0 atom stereocenters. The standard InChI is InChI=1S/C29H21FN2O4/c1-35-29(34)22-8-4-20(5-9-22)18-32-28(33)26-16-23(21-6-2-19(17-31)3-7-21)10-15-27(26)36-25-13-11-24(30)12-14-25/h2-16H,18H2,1H3,(H,32,33). The van der Waals surface area contributed by atoms with Crippen LogP contribution in [0.2, 0.25) is 0 Å². The second-order valence-electron chi connectivity index (χ2n) is 7.83. The Morgan fingerprint density at radius 2 is 1.56 bits per heavy atom. The van der Waals surface area contributed by atoms with Crippen LogP contribution in [-0.4, -0.2) is 19.0 Å². The fourth-order valence-corrected chi connectivity index (χ4v) is 3.50. The van der Waals surface area contributed by atoms with Gasteiger partial charge in [0.1, 0.15) is 17.3 Å². The molecule has 0 aliphatic carbocycles. The van der Waals surface area contributed by atoms with E-state index in [1.54, 1.807) is 60.7 Å². The van der Waals surface area contributed by atoms with Crippen molar-refractivity contribution in [2.75, 3.05) is 7.11 Å². The number of hydrogen-bond acceptors (Lipinski definition) is 5. The zero-order chi connectivity index (χ0) is 25.5. The second-order valence-corrected chi connectivity index (χ2v) is 7.83. The van der Waals surface area contributed by atoms with E-state index in [-0.39, 0.29) is 18.0 Å². The Labute approximate surface area is 207 Å². The van der Waals surface area contributed by atoms with Crippen molar-refractivity contribution in [2.24, 2.45) is 0 Å². The normalized spacial score (nSPS) is 10.2. The molecule has 0 spiro atoms. The van der Waals surface area contributed by atoms with Crippen molar-refractivity contribution in [3.8, 4) is 28.7 Å². The Balaban J connectivity index is 1.60. The van der Waals surface area contributed by atoms with Crippen LogP contribution in [0.25, 0.3) is 11.1 Å². The topological polar surface area (TPSA) is 88.4 Å². The smallest absolute Gasteiger partial charge is 0.337 e. The van der Waals surface area contributed by atoms with Gasteiger partial charge in [-0.25, -0.2) is 9.18 Å². The fourth-order valence-electron chi connectivity index (χ4n) is 3.50. The first kappa shape index (κ1) is 24.2. The van der Waals surface area contributed by atoms with Gasteiger partial charge in [-0.05, 0) is 77.4 Å². The van der Waals surface area contributed by atoms with Crippen LogP contribution < -0.4 is 10.1 Å². The maximum absolute atomic E-state index is 13.3. The van der Waals surface area contributed by atoms with Crippen LogP contribution in [0, 0.1) is 17.1 Å². The summed E-state index contributed by atoms with van der Waals surface area (Å²) in [6, 6.07) is 26.5. The van der Waals surface area contributed by atoms with E-state index in [1.807, 2.05) is 6.07 Å². The third-order valence-electron chi connectivity index (χ3n) is 5.44. The van der Waals surface area contributed by atoms with E-state index in [0.29, 0.717) is 22.6 Å². The minimum absolute atomic E-state index is 0.220. The summed E-state index contributed by atoms with van der Waals surface area (Å²) in [5.74, 6) is -0.519. The Kier molecular flexibility index (Phi) is 7.37.